The Labute approximate surface area is 154 Å². The lowest BCUT2D eigenvalue weighted by Crippen LogP contribution is -2.70. The largest absolute Gasteiger partial charge is 0.392 e. The fourth-order valence-corrected chi connectivity index (χ4v) is 1.96. The molecule has 1 amide bonds. The summed E-state index contributed by atoms with van der Waals surface area (Å²) in [6, 6.07) is 7.27. The molecule has 0 fully saturated rings. The Bertz CT molecular complexity index is 705. The highest BCUT2D eigenvalue weighted by Crippen LogP contribution is 2.58. The molecular formula is C15H11F12NO. The molecule has 0 spiro atoms. The minimum Gasteiger partial charge on any atom is -0.350 e. The van der Waals surface area contributed by atoms with Gasteiger partial charge in [0.1, 0.15) is 0 Å². The van der Waals surface area contributed by atoms with Gasteiger partial charge in [-0.3, -0.25) is 4.79 Å². The van der Waals surface area contributed by atoms with Gasteiger partial charge in [0.2, 0.25) is 0 Å². The van der Waals surface area contributed by atoms with Crippen molar-refractivity contribution in [3.05, 3.63) is 35.9 Å². The molecule has 0 aliphatic rings. The molecule has 14 heteroatoms. The number of rotatable bonds is 9. The zero-order valence-corrected chi connectivity index (χ0v) is 13.8. The van der Waals surface area contributed by atoms with Crippen molar-refractivity contribution in [2.24, 2.45) is 0 Å². The van der Waals surface area contributed by atoms with Crippen molar-refractivity contribution in [3.8, 4) is 0 Å². The van der Waals surface area contributed by atoms with Crippen LogP contribution in [0, 0.1) is 0 Å². The maximum absolute atomic E-state index is 13.5. The summed E-state index contributed by atoms with van der Waals surface area (Å²) in [5.74, 6) is -39.7. The average molecular weight is 449 g/mol. The van der Waals surface area contributed by atoms with Crippen LogP contribution < -0.4 is 5.32 Å². The Balaban J connectivity index is 3.08. The van der Waals surface area contributed by atoms with E-state index in [1.807, 2.05) is 0 Å². The molecule has 2 nitrogen and oxygen atoms in total. The number of carbonyl (C=O) groups excluding carboxylic acids is 1. The molecule has 0 atom stereocenters. The SMILES string of the molecule is O=C(NCCc1ccccc1)C(F)(F)C(F)(F)C(F)(F)C(F)(F)C(F)(F)C(F)F. The van der Waals surface area contributed by atoms with Crippen LogP contribution in [0.4, 0.5) is 52.7 Å². The molecular weight excluding hydrogens is 438 g/mol. The predicted molar refractivity (Wildman–Crippen MR) is 73.9 cm³/mol. The molecule has 29 heavy (non-hydrogen) atoms. The second-order valence-electron chi connectivity index (χ2n) is 5.71. The third-order valence-electron chi connectivity index (χ3n) is 3.70. The molecule has 1 N–H and O–H groups in total. The molecule has 0 aliphatic heterocycles. The van der Waals surface area contributed by atoms with Crippen molar-refractivity contribution in [1.29, 1.82) is 0 Å². The summed E-state index contributed by atoms with van der Waals surface area (Å²) in [4.78, 5) is 11.2. The Morgan fingerprint density at radius 3 is 1.72 bits per heavy atom. The van der Waals surface area contributed by atoms with E-state index in [1.54, 1.807) is 0 Å². The van der Waals surface area contributed by atoms with E-state index < -0.39 is 48.5 Å². The van der Waals surface area contributed by atoms with Gasteiger partial charge in [-0.15, -0.1) is 0 Å². The van der Waals surface area contributed by atoms with Gasteiger partial charge < -0.3 is 5.32 Å². The van der Waals surface area contributed by atoms with Crippen LogP contribution in [0.25, 0.3) is 0 Å². The number of carbonyl (C=O) groups is 1. The lowest BCUT2D eigenvalue weighted by molar-refractivity contribution is -0.407. The van der Waals surface area contributed by atoms with Gasteiger partial charge in [0.15, 0.2) is 0 Å². The van der Waals surface area contributed by atoms with E-state index in [2.05, 4.69) is 0 Å². The molecule has 0 aromatic heterocycles. The number of alkyl halides is 12. The normalized spacial score (nSPS) is 14.2. The van der Waals surface area contributed by atoms with E-state index in [9.17, 15) is 57.5 Å². The first-order valence-electron chi connectivity index (χ1n) is 7.44. The minimum atomic E-state index is -7.72. The van der Waals surface area contributed by atoms with Gasteiger partial charge >= 0.3 is 36.0 Å². The van der Waals surface area contributed by atoms with Gasteiger partial charge in [-0.25, -0.2) is 8.78 Å². The van der Waals surface area contributed by atoms with Crippen LogP contribution in [0.2, 0.25) is 0 Å². The predicted octanol–water partition coefficient (Wildman–Crippen LogP) is 4.79. The number of hydrogen-bond acceptors (Lipinski definition) is 1. The van der Waals surface area contributed by atoms with Gasteiger partial charge in [-0.1, -0.05) is 30.3 Å². The van der Waals surface area contributed by atoms with Gasteiger partial charge in [0.05, 0.1) is 0 Å². The maximum atomic E-state index is 13.5. The molecule has 0 unspecified atom stereocenters. The zero-order valence-electron chi connectivity index (χ0n) is 13.8. The van der Waals surface area contributed by atoms with Crippen LogP contribution in [0.1, 0.15) is 5.56 Å². The monoisotopic (exact) mass is 449 g/mol. The highest BCUT2D eigenvalue weighted by atomic mass is 19.4. The number of hydrogen-bond donors (Lipinski definition) is 1. The van der Waals surface area contributed by atoms with Gasteiger partial charge in [-0.2, -0.15) is 43.9 Å². The second-order valence-corrected chi connectivity index (χ2v) is 5.71. The first-order valence-corrected chi connectivity index (χ1v) is 7.44. The molecule has 0 saturated carbocycles. The minimum absolute atomic E-state index is 0.274. The van der Waals surface area contributed by atoms with Crippen molar-refractivity contribution in [2.45, 2.75) is 42.5 Å². The third-order valence-corrected chi connectivity index (χ3v) is 3.70. The first-order chi connectivity index (χ1) is 12.9. The van der Waals surface area contributed by atoms with Crippen molar-refractivity contribution in [1.82, 2.24) is 5.32 Å². The molecule has 1 aromatic rings. The van der Waals surface area contributed by atoms with E-state index in [1.165, 1.54) is 30.3 Å². The lowest BCUT2D eigenvalue weighted by Gasteiger charge is -2.38. The third kappa shape index (κ3) is 4.10. The van der Waals surface area contributed by atoms with E-state index in [0.29, 0.717) is 5.56 Å². The Morgan fingerprint density at radius 1 is 0.793 bits per heavy atom. The summed E-state index contributed by atoms with van der Waals surface area (Å²) in [6.07, 6.45) is -5.86. The smallest absolute Gasteiger partial charge is 0.350 e. The van der Waals surface area contributed by atoms with Crippen LogP contribution in [-0.4, -0.2) is 48.5 Å². The van der Waals surface area contributed by atoms with Crippen LogP contribution in [-0.2, 0) is 11.2 Å². The molecule has 0 saturated heterocycles. The van der Waals surface area contributed by atoms with E-state index in [4.69, 9.17) is 0 Å². The molecule has 0 bridgehead atoms. The molecule has 166 valence electrons. The lowest BCUT2D eigenvalue weighted by atomic mass is 9.94. The van der Waals surface area contributed by atoms with Crippen molar-refractivity contribution in [3.63, 3.8) is 0 Å². The van der Waals surface area contributed by atoms with Gasteiger partial charge in [0.25, 0.3) is 5.91 Å². The van der Waals surface area contributed by atoms with Crippen LogP contribution in [0.15, 0.2) is 30.3 Å². The Morgan fingerprint density at radius 2 is 1.28 bits per heavy atom. The quantitative estimate of drug-likeness (QED) is 0.540. The summed E-state index contributed by atoms with van der Waals surface area (Å²) in [7, 11) is 0. The zero-order chi connectivity index (χ0) is 22.9. The fourth-order valence-electron chi connectivity index (χ4n) is 1.96. The summed E-state index contributed by atoms with van der Waals surface area (Å²) in [6.45, 7) is -0.844. The van der Waals surface area contributed by atoms with Crippen LogP contribution >= 0.6 is 0 Å². The topological polar surface area (TPSA) is 29.1 Å². The number of nitrogens with one attached hydrogen (secondary N) is 1. The van der Waals surface area contributed by atoms with Gasteiger partial charge in [0, 0.05) is 6.54 Å². The standard InChI is InChI=1S/C15H11F12NO/c16-9(17)11(18,19)13(22,23)15(26,27)14(24,25)12(20,21)10(29)28-7-6-8-4-2-1-3-5-8/h1-5,9H,6-7H2,(H,28,29). The van der Waals surface area contributed by atoms with Crippen LogP contribution in [0.5, 0.6) is 0 Å². The Kier molecular flexibility index (Phi) is 6.81. The number of amides is 1. The van der Waals surface area contributed by atoms with Crippen molar-refractivity contribution < 1.29 is 57.5 Å². The summed E-state index contributed by atoms with van der Waals surface area (Å²) < 4.78 is 156. The maximum Gasteiger partial charge on any atom is 0.392 e. The highest BCUT2D eigenvalue weighted by Gasteiger charge is 2.89. The Hall–Kier alpha value is -2.15. The fraction of sp³-hybridized carbons (Fsp3) is 0.533. The summed E-state index contributed by atoms with van der Waals surface area (Å²) >= 11 is 0. The van der Waals surface area contributed by atoms with Crippen LogP contribution in [0.3, 0.4) is 0 Å². The van der Waals surface area contributed by atoms with Crippen molar-refractivity contribution in [2.75, 3.05) is 6.54 Å². The van der Waals surface area contributed by atoms with Gasteiger partial charge in [-0.05, 0) is 12.0 Å². The highest BCUT2D eigenvalue weighted by molar-refractivity contribution is 5.84. The van der Waals surface area contributed by atoms with E-state index >= 15 is 0 Å². The molecule has 1 aromatic carbocycles. The summed E-state index contributed by atoms with van der Waals surface area (Å²) in [5.41, 5.74) is 0.372. The first kappa shape index (κ1) is 24.9. The number of benzene rings is 1. The molecule has 0 radical (unpaired) electrons. The second kappa shape index (κ2) is 7.94. The van der Waals surface area contributed by atoms with Crippen molar-refractivity contribution >= 4 is 5.91 Å². The van der Waals surface area contributed by atoms with E-state index in [0.717, 1.165) is 5.32 Å². The average Bonchev–Trinajstić information content (AvgIpc) is 2.61. The molecule has 1 rings (SSSR count). The van der Waals surface area contributed by atoms with E-state index in [-0.39, 0.29) is 6.42 Å². The molecule has 0 aliphatic carbocycles. The number of halogens is 12. The molecule has 0 heterocycles. The summed E-state index contributed by atoms with van der Waals surface area (Å²) in [5, 5.41) is 1.08.